The number of nitrogens with zero attached hydrogens (tertiary/aromatic N) is 3. The van der Waals surface area contributed by atoms with Crippen molar-refractivity contribution in [3.8, 4) is 22.4 Å². The number of nitrogens with one attached hydrogen (secondary N) is 2. The third kappa shape index (κ3) is 3.48. The summed E-state index contributed by atoms with van der Waals surface area (Å²) in [4.78, 5) is 15.3. The van der Waals surface area contributed by atoms with Crippen molar-refractivity contribution >= 4 is 21.8 Å². The number of aromatic nitrogens is 4. The Morgan fingerprint density at radius 2 is 1.56 bits per heavy atom. The molecule has 5 aromatic rings. The van der Waals surface area contributed by atoms with Crippen LogP contribution in [0.4, 0.5) is 0 Å². The fourth-order valence-corrected chi connectivity index (χ4v) is 5.31. The summed E-state index contributed by atoms with van der Waals surface area (Å²) in [6.07, 6.45) is 5.28. The molecule has 7 heteroatoms. The molecular formula is C27H29N5O2. The number of hydrogen-bond acceptors (Lipinski definition) is 3. The molecule has 0 saturated carbocycles. The Morgan fingerprint density at radius 3 is 2.29 bits per heavy atom. The van der Waals surface area contributed by atoms with E-state index in [4.69, 9.17) is 4.74 Å². The number of benzene rings is 2. The molecule has 0 amide bonds. The molecule has 1 aliphatic rings. The fraction of sp³-hybridized carbons (Fsp3) is 0.296. The second-order valence-corrected chi connectivity index (χ2v) is 9.38. The predicted octanol–water partition coefficient (Wildman–Crippen LogP) is 4.30. The van der Waals surface area contributed by atoms with E-state index in [0.717, 1.165) is 64.7 Å². The van der Waals surface area contributed by atoms with E-state index in [1.54, 1.807) is 0 Å². The molecule has 0 radical (unpaired) electrons. The topological polar surface area (TPSA) is 71.0 Å². The van der Waals surface area contributed by atoms with Crippen LogP contribution in [-0.2, 0) is 17.8 Å². The predicted molar refractivity (Wildman–Crippen MR) is 136 cm³/mol. The standard InChI is InChI=1S/C27H29N5O2/c1-30(2)15-18-11-12-31-16-21(19-7-3-5-9-23(19)31)25-26(28-29-27(25)33)22-17-32(13-14-34-18)24-10-6-4-8-20(22)24/h3-10,16-18H,11-15H2,1-2H3,(H2,28,29,33)/t18-/m0/s1. The first-order valence-electron chi connectivity index (χ1n) is 11.8. The lowest BCUT2D eigenvalue weighted by Crippen LogP contribution is -2.30. The minimum absolute atomic E-state index is 0.101. The van der Waals surface area contributed by atoms with Crippen molar-refractivity contribution in [1.29, 1.82) is 0 Å². The Kier molecular flexibility index (Phi) is 5.16. The first kappa shape index (κ1) is 21.0. The number of fused-ring (bicyclic) bond motifs is 13. The summed E-state index contributed by atoms with van der Waals surface area (Å²) in [6.45, 7) is 3.07. The van der Waals surface area contributed by atoms with Crippen LogP contribution in [-0.4, -0.2) is 57.6 Å². The van der Waals surface area contributed by atoms with Crippen LogP contribution in [0.2, 0.25) is 0 Å². The summed E-state index contributed by atoms with van der Waals surface area (Å²) >= 11 is 0. The lowest BCUT2D eigenvalue weighted by molar-refractivity contribution is 0.0241. The number of H-pyrrole nitrogens is 2. The van der Waals surface area contributed by atoms with Gasteiger partial charge < -0.3 is 18.8 Å². The molecule has 0 saturated heterocycles. The third-order valence-electron chi connectivity index (χ3n) is 6.84. The molecule has 4 bridgehead atoms. The molecule has 3 aromatic heterocycles. The Bertz CT molecular complexity index is 1530. The molecule has 0 spiro atoms. The maximum atomic E-state index is 13.1. The fourth-order valence-electron chi connectivity index (χ4n) is 5.31. The zero-order valence-electron chi connectivity index (χ0n) is 19.5. The minimum Gasteiger partial charge on any atom is -0.375 e. The normalized spacial score (nSPS) is 16.7. The number of aromatic amines is 2. The third-order valence-corrected chi connectivity index (χ3v) is 6.84. The number of aryl methyl sites for hydroxylation is 1. The van der Waals surface area contributed by atoms with E-state index < -0.39 is 0 Å². The van der Waals surface area contributed by atoms with Crippen LogP contribution in [0.1, 0.15) is 6.42 Å². The molecule has 6 rings (SSSR count). The van der Waals surface area contributed by atoms with Crippen molar-refractivity contribution in [3.63, 3.8) is 0 Å². The van der Waals surface area contributed by atoms with Gasteiger partial charge in [0.25, 0.3) is 5.56 Å². The van der Waals surface area contributed by atoms with E-state index >= 15 is 0 Å². The van der Waals surface area contributed by atoms with E-state index in [9.17, 15) is 4.79 Å². The second kappa shape index (κ2) is 8.34. The van der Waals surface area contributed by atoms with Gasteiger partial charge in [-0.1, -0.05) is 36.4 Å². The van der Waals surface area contributed by atoms with E-state index in [2.05, 4.69) is 87.1 Å². The summed E-state index contributed by atoms with van der Waals surface area (Å²) in [5.41, 5.74) is 5.65. The molecule has 174 valence electrons. The van der Waals surface area contributed by atoms with Crippen LogP contribution in [0, 0.1) is 0 Å². The summed E-state index contributed by atoms with van der Waals surface area (Å²) < 4.78 is 10.9. The molecule has 2 N–H and O–H groups in total. The van der Waals surface area contributed by atoms with Gasteiger partial charge in [0.15, 0.2) is 0 Å². The van der Waals surface area contributed by atoms with Gasteiger partial charge >= 0.3 is 0 Å². The second-order valence-electron chi connectivity index (χ2n) is 9.38. The van der Waals surface area contributed by atoms with E-state index in [-0.39, 0.29) is 11.7 Å². The van der Waals surface area contributed by atoms with Crippen molar-refractivity contribution in [2.24, 2.45) is 0 Å². The SMILES string of the molecule is CN(C)C[C@@H]1CCn2cc(c3ccccc32)-c2c([nH][nH]c2=O)-c2cn(c3ccccc23)CCO1. The smallest absolute Gasteiger partial charge is 0.272 e. The molecule has 1 aliphatic heterocycles. The molecule has 34 heavy (non-hydrogen) atoms. The van der Waals surface area contributed by atoms with Gasteiger partial charge in [0.2, 0.25) is 0 Å². The molecule has 2 aromatic carbocycles. The van der Waals surface area contributed by atoms with Crippen molar-refractivity contribution in [2.45, 2.75) is 25.6 Å². The monoisotopic (exact) mass is 455 g/mol. The summed E-state index contributed by atoms with van der Waals surface area (Å²) in [6, 6.07) is 16.7. The van der Waals surface area contributed by atoms with Crippen molar-refractivity contribution in [1.82, 2.24) is 24.2 Å². The molecule has 0 aliphatic carbocycles. The molecule has 0 unspecified atom stereocenters. The van der Waals surface area contributed by atoms with Crippen molar-refractivity contribution in [2.75, 3.05) is 27.2 Å². The van der Waals surface area contributed by atoms with Gasteiger partial charge in [-0.15, -0.1) is 0 Å². The minimum atomic E-state index is -0.101. The Labute approximate surface area is 197 Å². The molecular weight excluding hydrogens is 426 g/mol. The first-order valence-corrected chi connectivity index (χ1v) is 11.8. The number of ether oxygens (including phenoxy) is 1. The van der Waals surface area contributed by atoms with Gasteiger partial charge in [-0.05, 0) is 32.6 Å². The number of para-hydroxylation sites is 2. The van der Waals surface area contributed by atoms with Crippen LogP contribution in [0.5, 0.6) is 0 Å². The number of hydrogen-bond donors (Lipinski definition) is 2. The van der Waals surface area contributed by atoms with Crippen molar-refractivity contribution in [3.05, 3.63) is 71.3 Å². The lowest BCUT2D eigenvalue weighted by atomic mass is 10.0. The van der Waals surface area contributed by atoms with E-state index in [1.807, 2.05) is 12.1 Å². The number of likely N-dealkylation sites (N-methyl/N-ethyl adjacent to an activating group) is 1. The average Bonchev–Trinajstić information content (AvgIpc) is 3.50. The van der Waals surface area contributed by atoms with Crippen LogP contribution in [0.15, 0.2) is 65.7 Å². The quantitative estimate of drug-likeness (QED) is 0.417. The highest BCUT2D eigenvalue weighted by Crippen LogP contribution is 2.38. The van der Waals surface area contributed by atoms with Crippen LogP contribution < -0.4 is 5.56 Å². The number of rotatable bonds is 2. The van der Waals surface area contributed by atoms with Gasteiger partial charge in [0.1, 0.15) is 0 Å². The van der Waals surface area contributed by atoms with Gasteiger partial charge in [-0.3, -0.25) is 15.0 Å². The summed E-state index contributed by atoms with van der Waals surface area (Å²) in [7, 11) is 4.17. The maximum Gasteiger partial charge on any atom is 0.272 e. The van der Waals surface area contributed by atoms with Gasteiger partial charge in [0, 0.05) is 65.0 Å². The molecule has 4 heterocycles. The van der Waals surface area contributed by atoms with Gasteiger partial charge in [-0.25, -0.2) is 0 Å². The Balaban J connectivity index is 1.60. The maximum absolute atomic E-state index is 13.1. The molecule has 1 atom stereocenters. The van der Waals surface area contributed by atoms with Gasteiger partial charge in [0.05, 0.1) is 24.0 Å². The zero-order chi connectivity index (χ0) is 23.2. The van der Waals surface area contributed by atoms with E-state index in [1.165, 1.54) is 0 Å². The summed E-state index contributed by atoms with van der Waals surface area (Å²) in [5.74, 6) is 0. The van der Waals surface area contributed by atoms with Crippen LogP contribution in [0.25, 0.3) is 44.2 Å². The summed E-state index contributed by atoms with van der Waals surface area (Å²) in [5, 5.41) is 8.24. The highest BCUT2D eigenvalue weighted by atomic mass is 16.5. The van der Waals surface area contributed by atoms with Crippen LogP contribution >= 0.6 is 0 Å². The van der Waals surface area contributed by atoms with Crippen LogP contribution in [0.3, 0.4) is 0 Å². The van der Waals surface area contributed by atoms with Crippen molar-refractivity contribution < 1.29 is 4.74 Å². The lowest BCUT2D eigenvalue weighted by Gasteiger charge is -2.22. The Morgan fingerprint density at radius 1 is 0.912 bits per heavy atom. The van der Waals surface area contributed by atoms with Gasteiger partial charge in [-0.2, -0.15) is 0 Å². The molecule has 7 nitrogen and oxygen atoms in total. The first-order chi connectivity index (χ1) is 16.6. The Hall–Kier alpha value is -3.55. The zero-order valence-corrected chi connectivity index (χ0v) is 19.5. The highest BCUT2D eigenvalue weighted by molar-refractivity contribution is 6.03. The average molecular weight is 456 g/mol. The molecule has 0 fully saturated rings. The largest absolute Gasteiger partial charge is 0.375 e. The highest BCUT2D eigenvalue weighted by Gasteiger charge is 2.23. The van der Waals surface area contributed by atoms with E-state index in [0.29, 0.717) is 12.2 Å².